The van der Waals surface area contributed by atoms with Crippen molar-refractivity contribution in [2.24, 2.45) is 16.6 Å². The van der Waals surface area contributed by atoms with Gasteiger partial charge in [0.1, 0.15) is 5.69 Å². The Labute approximate surface area is 206 Å². The normalized spacial score (nSPS) is 25.1. The number of fused-ring (bicyclic) bond motifs is 1. The van der Waals surface area contributed by atoms with E-state index in [1.807, 2.05) is 0 Å². The molecule has 0 radical (unpaired) electrons. The monoisotopic (exact) mass is 531 g/mol. The number of nitrogens with zero attached hydrogens (tertiary/aromatic N) is 3. The van der Waals surface area contributed by atoms with Gasteiger partial charge >= 0.3 is 6.18 Å². The van der Waals surface area contributed by atoms with E-state index in [2.05, 4.69) is 25.0 Å². The van der Waals surface area contributed by atoms with Crippen molar-refractivity contribution in [3.63, 3.8) is 0 Å². The maximum Gasteiger partial charge on any atom is 0.422 e. The van der Waals surface area contributed by atoms with Gasteiger partial charge in [-0.25, -0.2) is 18.7 Å². The van der Waals surface area contributed by atoms with E-state index in [1.165, 1.54) is 24.8 Å². The van der Waals surface area contributed by atoms with Crippen LogP contribution in [0.2, 0.25) is 0 Å². The van der Waals surface area contributed by atoms with Gasteiger partial charge in [0.05, 0.1) is 28.8 Å². The minimum absolute atomic E-state index is 0.0223. The smallest absolute Gasteiger partial charge is 0.422 e. The third-order valence-corrected chi connectivity index (χ3v) is 7.37. The lowest BCUT2D eigenvalue weighted by atomic mass is 9.85. The first-order chi connectivity index (χ1) is 16.8. The number of anilines is 1. The fraction of sp³-hybridized carbons (Fsp3) is 0.455. The fourth-order valence-electron chi connectivity index (χ4n) is 4.46. The molecule has 36 heavy (non-hydrogen) atoms. The second-order valence-electron chi connectivity index (χ2n) is 8.77. The first-order valence-electron chi connectivity index (χ1n) is 10.7. The second-order valence-corrected chi connectivity index (χ2v) is 10.2. The summed E-state index contributed by atoms with van der Waals surface area (Å²) >= 11 is 1.34. The molecule has 0 unspecified atom stereocenters. The highest BCUT2D eigenvalue weighted by Crippen LogP contribution is 2.66. The summed E-state index contributed by atoms with van der Waals surface area (Å²) in [5.41, 5.74) is 4.41. The number of carbonyl (C=O) groups is 1. The molecule has 1 saturated carbocycles. The molecule has 1 aromatic heterocycles. The minimum atomic E-state index is -4.57. The number of halogens is 5. The molecule has 14 heteroatoms. The molecule has 0 saturated heterocycles. The molecule has 4 rings (SSSR count). The number of alkyl halides is 3. The average molecular weight is 532 g/mol. The van der Waals surface area contributed by atoms with E-state index in [-0.39, 0.29) is 33.7 Å². The van der Waals surface area contributed by atoms with Crippen molar-refractivity contribution in [3.8, 4) is 5.88 Å². The molecule has 1 amide bonds. The average Bonchev–Trinajstić information content (AvgIpc) is 3.49. The second kappa shape index (κ2) is 9.14. The summed E-state index contributed by atoms with van der Waals surface area (Å²) < 4.78 is 76.1. The van der Waals surface area contributed by atoms with Gasteiger partial charge < -0.3 is 20.5 Å². The van der Waals surface area contributed by atoms with Crippen LogP contribution >= 0.6 is 11.8 Å². The van der Waals surface area contributed by atoms with Crippen LogP contribution in [-0.2, 0) is 10.3 Å². The van der Waals surface area contributed by atoms with Crippen LogP contribution in [0.25, 0.3) is 0 Å². The first kappa shape index (κ1) is 26.1. The van der Waals surface area contributed by atoms with Crippen LogP contribution in [0.1, 0.15) is 35.1 Å². The van der Waals surface area contributed by atoms with E-state index in [9.17, 15) is 22.4 Å². The minimum Gasteiger partial charge on any atom is -0.467 e. The predicted molar refractivity (Wildman–Crippen MR) is 122 cm³/mol. The number of nitrogens with one attached hydrogen (secondary N) is 1. The Morgan fingerprint density at radius 3 is 2.69 bits per heavy atom. The number of thioether (sulfide) groups is 1. The molecule has 8 nitrogen and oxygen atoms in total. The highest BCUT2D eigenvalue weighted by atomic mass is 32.2. The number of amides is 1. The van der Waals surface area contributed by atoms with Crippen molar-refractivity contribution in [2.75, 3.05) is 25.6 Å². The number of aryl methyl sites for hydroxylation is 1. The van der Waals surface area contributed by atoms with Gasteiger partial charge in [0.15, 0.2) is 23.4 Å². The number of hydrogen-bond donors (Lipinski definition) is 2. The molecular weight excluding hydrogens is 509 g/mol. The first-order valence-corrected chi connectivity index (χ1v) is 11.5. The zero-order chi connectivity index (χ0) is 26.5. The number of hydrogen-bond acceptors (Lipinski definition) is 8. The number of nitrogens with two attached hydrogens (primary N) is 1. The van der Waals surface area contributed by atoms with E-state index in [0.717, 1.165) is 12.3 Å². The Hall–Kier alpha value is -3.00. The SMILES string of the molecule is COC[C@]12C[C@H]1[C@@](C)(c1cc(NC(=O)c3ncc(OCC(F)(F)F)nc3C)cc(F)c1F)N=C(N)S2. The Balaban J connectivity index is 1.60. The highest BCUT2D eigenvalue weighted by Gasteiger charge is 2.66. The fourth-order valence-corrected chi connectivity index (χ4v) is 5.91. The van der Waals surface area contributed by atoms with Gasteiger partial charge in [-0.15, -0.1) is 0 Å². The van der Waals surface area contributed by atoms with Crippen LogP contribution in [0.5, 0.6) is 5.88 Å². The maximum absolute atomic E-state index is 15.0. The number of benzene rings is 1. The maximum atomic E-state index is 15.0. The lowest BCUT2D eigenvalue weighted by Gasteiger charge is -2.34. The van der Waals surface area contributed by atoms with Gasteiger partial charge in [-0.3, -0.25) is 9.79 Å². The summed E-state index contributed by atoms with van der Waals surface area (Å²) in [6.45, 7) is 1.79. The molecule has 2 aliphatic rings. The van der Waals surface area contributed by atoms with Crippen LogP contribution in [0.3, 0.4) is 0 Å². The number of aromatic nitrogens is 2. The van der Waals surface area contributed by atoms with Gasteiger partial charge in [0.2, 0.25) is 5.88 Å². The standard InChI is InChI=1S/C22H22F5N5O3S/c1-10-17(29-7-15(30-10)35-9-22(25,26)27)18(33)31-11-4-12(16(24)13(23)5-11)20(2)14-6-21(14,8-34-3)36-19(28)32-20/h4-5,7,14H,6,8-9H2,1-3H3,(H2,28,32)(H,31,33)/t14-,20+,21+/m0/s1. The lowest BCUT2D eigenvalue weighted by Crippen LogP contribution is -2.38. The Morgan fingerprint density at radius 2 is 2.06 bits per heavy atom. The van der Waals surface area contributed by atoms with Gasteiger partial charge in [-0.1, -0.05) is 11.8 Å². The number of amidine groups is 1. The third kappa shape index (κ3) is 4.96. The van der Waals surface area contributed by atoms with Crippen molar-refractivity contribution in [2.45, 2.75) is 36.7 Å². The molecule has 0 bridgehead atoms. The van der Waals surface area contributed by atoms with Crippen molar-refractivity contribution in [1.29, 1.82) is 0 Å². The van der Waals surface area contributed by atoms with Crippen LogP contribution < -0.4 is 15.8 Å². The summed E-state index contributed by atoms with van der Waals surface area (Å²) in [4.78, 5) is 24.8. The molecule has 194 valence electrons. The Kier molecular flexibility index (Phi) is 6.62. The summed E-state index contributed by atoms with van der Waals surface area (Å²) in [7, 11) is 1.54. The van der Waals surface area contributed by atoms with Crippen molar-refractivity contribution >= 4 is 28.5 Å². The molecule has 2 heterocycles. The van der Waals surface area contributed by atoms with Crippen molar-refractivity contribution in [3.05, 3.63) is 46.9 Å². The summed E-state index contributed by atoms with van der Waals surface area (Å²) in [5.74, 6) is -3.74. The molecule has 1 aromatic carbocycles. The summed E-state index contributed by atoms with van der Waals surface area (Å²) in [6.07, 6.45) is -3.07. The number of methoxy groups -OCH3 is 1. The number of carbonyl (C=O) groups excluding carboxylic acids is 1. The van der Waals surface area contributed by atoms with E-state index in [0.29, 0.717) is 13.0 Å². The molecule has 0 spiro atoms. The van der Waals surface area contributed by atoms with Gasteiger partial charge in [0, 0.05) is 30.3 Å². The number of ether oxygens (including phenoxy) is 2. The van der Waals surface area contributed by atoms with E-state index in [4.69, 9.17) is 10.5 Å². The zero-order valence-electron chi connectivity index (χ0n) is 19.4. The largest absolute Gasteiger partial charge is 0.467 e. The quantitative estimate of drug-likeness (QED) is 0.521. The molecule has 1 aliphatic heterocycles. The van der Waals surface area contributed by atoms with Crippen LogP contribution in [0, 0.1) is 24.5 Å². The molecule has 2 aromatic rings. The molecule has 1 fully saturated rings. The molecule has 1 aliphatic carbocycles. The van der Waals surface area contributed by atoms with Gasteiger partial charge in [-0.2, -0.15) is 13.2 Å². The third-order valence-electron chi connectivity index (χ3n) is 6.10. The number of aliphatic imine (C=N–C) groups is 1. The Morgan fingerprint density at radius 1 is 1.33 bits per heavy atom. The van der Waals surface area contributed by atoms with Crippen LogP contribution in [0.15, 0.2) is 23.3 Å². The van der Waals surface area contributed by atoms with Gasteiger partial charge in [0.25, 0.3) is 5.91 Å². The van der Waals surface area contributed by atoms with E-state index >= 15 is 4.39 Å². The highest BCUT2D eigenvalue weighted by molar-refractivity contribution is 8.15. The summed E-state index contributed by atoms with van der Waals surface area (Å²) in [5, 5.41) is 2.65. The summed E-state index contributed by atoms with van der Waals surface area (Å²) in [6, 6.07) is 2.09. The molecule has 3 atom stereocenters. The zero-order valence-corrected chi connectivity index (χ0v) is 20.2. The van der Waals surface area contributed by atoms with Crippen molar-refractivity contribution < 1.29 is 36.2 Å². The van der Waals surface area contributed by atoms with E-state index in [1.54, 1.807) is 14.0 Å². The topological polar surface area (TPSA) is 112 Å². The lowest BCUT2D eigenvalue weighted by molar-refractivity contribution is -0.154. The number of rotatable bonds is 7. The predicted octanol–water partition coefficient (Wildman–Crippen LogP) is 3.94. The molecule has 3 N–H and O–H groups in total. The van der Waals surface area contributed by atoms with Gasteiger partial charge in [-0.05, 0) is 26.3 Å². The Bertz CT molecular complexity index is 1240. The van der Waals surface area contributed by atoms with Crippen LogP contribution in [-0.4, -0.2) is 52.3 Å². The van der Waals surface area contributed by atoms with E-state index < -0.39 is 46.5 Å². The van der Waals surface area contributed by atoms with Crippen molar-refractivity contribution in [1.82, 2.24) is 9.97 Å². The molecular formula is C22H22F5N5O3S. The van der Waals surface area contributed by atoms with Crippen LogP contribution in [0.4, 0.5) is 27.6 Å².